The van der Waals surface area contributed by atoms with Crippen molar-refractivity contribution in [3.8, 4) is 34.2 Å². The van der Waals surface area contributed by atoms with Crippen molar-refractivity contribution < 1.29 is 9.26 Å². The molecular weight excluding hydrogens is 434 g/mol. The van der Waals surface area contributed by atoms with Gasteiger partial charge in [0.05, 0.1) is 18.4 Å². The molecule has 0 spiro atoms. The predicted molar refractivity (Wildman–Crippen MR) is 127 cm³/mol. The summed E-state index contributed by atoms with van der Waals surface area (Å²) in [5.74, 6) is 2.93. The molecule has 0 aliphatic carbocycles. The Morgan fingerprint density at radius 1 is 0.939 bits per heavy atom. The lowest BCUT2D eigenvalue weighted by Gasteiger charge is -2.10. The van der Waals surface area contributed by atoms with Crippen LogP contribution in [-0.4, -0.2) is 32.0 Å². The Labute approximate surface area is 195 Å². The van der Waals surface area contributed by atoms with Crippen molar-refractivity contribution >= 4 is 11.8 Å². The number of thioether (sulfide) groups is 1. The van der Waals surface area contributed by atoms with E-state index in [1.165, 1.54) is 11.8 Å². The maximum Gasteiger partial charge on any atom is 0.237 e. The van der Waals surface area contributed by atoms with Crippen molar-refractivity contribution in [2.45, 2.75) is 17.8 Å². The van der Waals surface area contributed by atoms with Crippen molar-refractivity contribution in [2.24, 2.45) is 0 Å². The number of aryl methyl sites for hydroxylation is 1. The molecule has 2 heterocycles. The summed E-state index contributed by atoms with van der Waals surface area (Å²) >= 11 is 1.50. The summed E-state index contributed by atoms with van der Waals surface area (Å²) in [6, 6.07) is 25.9. The zero-order valence-electron chi connectivity index (χ0n) is 18.2. The van der Waals surface area contributed by atoms with Gasteiger partial charge >= 0.3 is 0 Å². The maximum atomic E-state index is 5.50. The first-order chi connectivity index (χ1) is 16.2. The molecule has 3 aromatic carbocycles. The number of methoxy groups -OCH3 is 1. The van der Waals surface area contributed by atoms with E-state index in [1.54, 1.807) is 7.11 Å². The maximum absolute atomic E-state index is 5.50. The van der Waals surface area contributed by atoms with Crippen LogP contribution >= 0.6 is 11.8 Å². The van der Waals surface area contributed by atoms with E-state index in [0.29, 0.717) is 23.2 Å². The second-order valence-corrected chi connectivity index (χ2v) is 8.29. The largest absolute Gasteiger partial charge is 0.496 e. The molecule has 33 heavy (non-hydrogen) atoms. The molecule has 7 nitrogen and oxygen atoms in total. The summed E-state index contributed by atoms with van der Waals surface area (Å²) in [4.78, 5) is 4.55. The third kappa shape index (κ3) is 4.38. The van der Waals surface area contributed by atoms with Crippen molar-refractivity contribution in [3.05, 3.63) is 90.3 Å². The normalized spacial score (nSPS) is 11.0. The number of hydrogen-bond donors (Lipinski definition) is 0. The van der Waals surface area contributed by atoms with E-state index in [0.717, 1.165) is 33.4 Å². The SMILES string of the molecule is COc1ccccc1-c1noc(CSc2nnc(-c3ccccc3)n2-c2cccc(C)c2)n1. The highest BCUT2D eigenvalue weighted by molar-refractivity contribution is 7.98. The Hall–Kier alpha value is -3.91. The Morgan fingerprint density at radius 2 is 1.76 bits per heavy atom. The van der Waals surface area contributed by atoms with Crippen LogP contribution in [0.3, 0.4) is 0 Å². The first kappa shape index (κ1) is 21.0. The van der Waals surface area contributed by atoms with Gasteiger partial charge in [-0.3, -0.25) is 4.57 Å². The van der Waals surface area contributed by atoms with E-state index in [9.17, 15) is 0 Å². The number of hydrogen-bond acceptors (Lipinski definition) is 7. The van der Waals surface area contributed by atoms with Crippen LogP contribution in [-0.2, 0) is 5.75 Å². The third-order valence-electron chi connectivity index (χ3n) is 5.07. The van der Waals surface area contributed by atoms with Gasteiger partial charge in [-0.15, -0.1) is 10.2 Å². The molecule has 0 bridgehead atoms. The van der Waals surface area contributed by atoms with Gasteiger partial charge in [-0.25, -0.2) is 0 Å². The van der Waals surface area contributed by atoms with Crippen LogP contribution in [0.2, 0.25) is 0 Å². The van der Waals surface area contributed by atoms with Gasteiger partial charge in [0.15, 0.2) is 11.0 Å². The van der Waals surface area contributed by atoms with Crippen LogP contribution in [0.1, 0.15) is 11.5 Å². The second kappa shape index (κ2) is 9.30. The molecule has 164 valence electrons. The van der Waals surface area contributed by atoms with Gasteiger partial charge in [-0.1, -0.05) is 71.5 Å². The molecule has 0 radical (unpaired) electrons. The molecule has 5 rings (SSSR count). The molecule has 0 saturated carbocycles. The van der Waals surface area contributed by atoms with E-state index in [-0.39, 0.29) is 0 Å². The smallest absolute Gasteiger partial charge is 0.237 e. The molecule has 0 atom stereocenters. The van der Waals surface area contributed by atoms with Crippen LogP contribution in [0.5, 0.6) is 5.75 Å². The Balaban J connectivity index is 1.45. The van der Waals surface area contributed by atoms with E-state index in [1.807, 2.05) is 60.7 Å². The lowest BCUT2D eigenvalue weighted by atomic mass is 10.2. The Bertz CT molecular complexity index is 1380. The molecule has 0 N–H and O–H groups in total. The minimum atomic E-state index is 0.459. The molecule has 0 saturated heterocycles. The molecule has 0 amide bonds. The summed E-state index contributed by atoms with van der Waals surface area (Å²) in [5, 5.41) is 13.8. The fraction of sp³-hybridized carbons (Fsp3) is 0.120. The number of nitrogens with zero attached hydrogens (tertiary/aromatic N) is 5. The Morgan fingerprint density at radius 3 is 2.58 bits per heavy atom. The predicted octanol–water partition coefficient (Wildman–Crippen LogP) is 5.59. The van der Waals surface area contributed by atoms with Crippen LogP contribution < -0.4 is 4.74 Å². The molecule has 8 heteroatoms. The lowest BCUT2D eigenvalue weighted by molar-refractivity contribution is 0.390. The fourth-order valence-electron chi connectivity index (χ4n) is 3.52. The number of para-hydroxylation sites is 1. The lowest BCUT2D eigenvalue weighted by Crippen LogP contribution is -2.00. The standard InChI is InChI=1S/C25H21N5O2S/c1-17-9-8-12-19(15-17)30-24(18-10-4-3-5-11-18)27-28-25(30)33-16-22-26-23(29-32-22)20-13-6-7-14-21(20)31-2/h3-15H,16H2,1-2H3. The van der Waals surface area contributed by atoms with Gasteiger partial charge in [0.25, 0.3) is 0 Å². The molecular formula is C25H21N5O2S. The van der Waals surface area contributed by atoms with Crippen LogP contribution in [0.15, 0.2) is 88.5 Å². The first-order valence-electron chi connectivity index (χ1n) is 10.4. The summed E-state index contributed by atoms with van der Waals surface area (Å²) in [7, 11) is 1.62. The van der Waals surface area contributed by atoms with E-state index >= 15 is 0 Å². The first-order valence-corrected chi connectivity index (χ1v) is 11.4. The van der Waals surface area contributed by atoms with Crippen LogP contribution in [0, 0.1) is 6.92 Å². The Kier molecular flexibility index (Phi) is 5.91. The van der Waals surface area contributed by atoms with Crippen molar-refractivity contribution in [1.29, 1.82) is 0 Å². The molecule has 0 aliphatic rings. The fourth-order valence-corrected chi connectivity index (χ4v) is 4.31. The zero-order chi connectivity index (χ0) is 22.6. The molecule has 0 aliphatic heterocycles. The van der Waals surface area contributed by atoms with Crippen LogP contribution in [0.25, 0.3) is 28.5 Å². The third-order valence-corrected chi connectivity index (χ3v) is 5.98. The van der Waals surface area contributed by atoms with Gasteiger partial charge in [0.2, 0.25) is 11.7 Å². The van der Waals surface area contributed by atoms with E-state index < -0.39 is 0 Å². The van der Waals surface area contributed by atoms with Crippen molar-refractivity contribution in [2.75, 3.05) is 7.11 Å². The summed E-state index contributed by atoms with van der Waals surface area (Å²) in [6.45, 7) is 2.07. The van der Waals surface area contributed by atoms with Crippen LogP contribution in [0.4, 0.5) is 0 Å². The number of aromatic nitrogens is 5. The van der Waals surface area contributed by atoms with Crippen molar-refractivity contribution in [1.82, 2.24) is 24.9 Å². The number of benzene rings is 3. The second-order valence-electron chi connectivity index (χ2n) is 7.35. The molecule has 2 aromatic heterocycles. The minimum Gasteiger partial charge on any atom is -0.496 e. The molecule has 5 aromatic rings. The van der Waals surface area contributed by atoms with Gasteiger partial charge < -0.3 is 9.26 Å². The minimum absolute atomic E-state index is 0.459. The number of rotatable bonds is 7. The number of ether oxygens (including phenoxy) is 1. The van der Waals surface area contributed by atoms with E-state index in [2.05, 4.69) is 50.0 Å². The monoisotopic (exact) mass is 455 g/mol. The summed E-state index contributed by atoms with van der Waals surface area (Å²) in [6.07, 6.45) is 0. The average molecular weight is 456 g/mol. The molecule has 0 unspecified atom stereocenters. The molecule has 0 fully saturated rings. The van der Waals surface area contributed by atoms with Gasteiger partial charge in [-0.05, 0) is 36.8 Å². The summed E-state index contributed by atoms with van der Waals surface area (Å²) in [5.41, 5.74) is 3.94. The van der Waals surface area contributed by atoms with Gasteiger partial charge in [-0.2, -0.15) is 4.98 Å². The van der Waals surface area contributed by atoms with Gasteiger partial charge in [0, 0.05) is 11.3 Å². The average Bonchev–Trinajstić information content (AvgIpc) is 3.50. The topological polar surface area (TPSA) is 78.9 Å². The zero-order valence-corrected chi connectivity index (χ0v) is 19.0. The highest BCUT2D eigenvalue weighted by atomic mass is 32.2. The summed E-state index contributed by atoms with van der Waals surface area (Å²) < 4.78 is 13.0. The highest BCUT2D eigenvalue weighted by Gasteiger charge is 2.18. The quantitative estimate of drug-likeness (QED) is 0.296. The van der Waals surface area contributed by atoms with Crippen molar-refractivity contribution in [3.63, 3.8) is 0 Å². The van der Waals surface area contributed by atoms with E-state index in [4.69, 9.17) is 9.26 Å². The van der Waals surface area contributed by atoms with Gasteiger partial charge in [0.1, 0.15) is 5.75 Å². The highest BCUT2D eigenvalue weighted by Crippen LogP contribution is 2.31.